The van der Waals surface area contributed by atoms with E-state index in [1.54, 1.807) is 12.3 Å². The highest BCUT2D eigenvalue weighted by Gasteiger charge is 2.06. The predicted molar refractivity (Wildman–Crippen MR) is 76.8 cm³/mol. The van der Waals surface area contributed by atoms with E-state index in [-0.39, 0.29) is 5.82 Å². The van der Waals surface area contributed by atoms with Crippen molar-refractivity contribution in [2.45, 2.75) is 13.5 Å². The number of pyridine rings is 1. The lowest BCUT2D eigenvalue weighted by atomic mass is 10.2. The Balaban J connectivity index is 2.10. The Morgan fingerprint density at radius 3 is 2.95 bits per heavy atom. The van der Waals surface area contributed by atoms with Crippen LogP contribution in [-0.4, -0.2) is 11.6 Å². The van der Waals surface area contributed by atoms with Crippen LogP contribution in [0.2, 0.25) is 0 Å². The molecule has 0 amide bonds. The lowest BCUT2D eigenvalue weighted by molar-refractivity contribution is 0.328. The highest BCUT2D eigenvalue weighted by molar-refractivity contribution is 9.10. The number of hydrogen-bond acceptors (Lipinski definition) is 3. The second-order valence-corrected chi connectivity index (χ2v) is 4.79. The summed E-state index contributed by atoms with van der Waals surface area (Å²) in [6.45, 7) is 2.82. The molecule has 0 radical (unpaired) electrons. The first-order valence-electron chi connectivity index (χ1n) is 5.96. The summed E-state index contributed by atoms with van der Waals surface area (Å²) < 4.78 is 19.8. The summed E-state index contributed by atoms with van der Waals surface area (Å²) in [7, 11) is 0. The number of anilines is 1. The van der Waals surface area contributed by atoms with Gasteiger partial charge >= 0.3 is 0 Å². The van der Waals surface area contributed by atoms with Crippen LogP contribution in [0, 0.1) is 5.82 Å². The van der Waals surface area contributed by atoms with Gasteiger partial charge in [0.1, 0.15) is 5.82 Å². The monoisotopic (exact) mass is 324 g/mol. The van der Waals surface area contributed by atoms with Crippen LogP contribution in [0.1, 0.15) is 12.5 Å². The van der Waals surface area contributed by atoms with E-state index in [2.05, 4.69) is 26.2 Å². The molecule has 0 aliphatic rings. The van der Waals surface area contributed by atoms with Crippen LogP contribution in [0.5, 0.6) is 5.88 Å². The smallest absolute Gasteiger partial charge is 0.237 e. The first kappa shape index (κ1) is 13.8. The van der Waals surface area contributed by atoms with Crippen LogP contribution in [0.15, 0.2) is 41.0 Å². The van der Waals surface area contributed by atoms with Gasteiger partial charge in [0.25, 0.3) is 0 Å². The molecule has 0 spiro atoms. The number of benzene rings is 1. The van der Waals surface area contributed by atoms with E-state index in [1.165, 1.54) is 6.07 Å². The Morgan fingerprint density at radius 1 is 1.37 bits per heavy atom. The van der Waals surface area contributed by atoms with Crippen LogP contribution in [0.25, 0.3) is 0 Å². The molecule has 0 unspecified atom stereocenters. The maximum absolute atomic E-state index is 13.7. The zero-order valence-electron chi connectivity index (χ0n) is 10.5. The summed E-state index contributed by atoms with van der Waals surface area (Å²) in [6.07, 6.45) is 1.66. The second kappa shape index (κ2) is 6.52. The first-order valence-corrected chi connectivity index (χ1v) is 6.75. The molecular weight excluding hydrogens is 311 g/mol. The molecule has 5 heteroatoms. The molecule has 0 aliphatic heterocycles. The molecule has 3 nitrogen and oxygen atoms in total. The predicted octanol–water partition coefficient (Wildman–Crippen LogP) is 3.99. The zero-order chi connectivity index (χ0) is 13.7. The van der Waals surface area contributed by atoms with Crippen molar-refractivity contribution in [3.8, 4) is 5.88 Å². The van der Waals surface area contributed by atoms with Crippen molar-refractivity contribution < 1.29 is 9.13 Å². The summed E-state index contributed by atoms with van der Waals surface area (Å²) in [5.41, 5.74) is 1.35. The van der Waals surface area contributed by atoms with Crippen molar-refractivity contribution >= 4 is 21.6 Å². The fourth-order valence-corrected chi connectivity index (χ4v) is 1.97. The van der Waals surface area contributed by atoms with Gasteiger partial charge in [0.05, 0.1) is 12.3 Å². The highest BCUT2D eigenvalue weighted by atomic mass is 79.9. The summed E-state index contributed by atoms with van der Waals surface area (Å²) in [5, 5.41) is 3.13. The van der Waals surface area contributed by atoms with Gasteiger partial charge in [-0.2, -0.15) is 0 Å². The lowest BCUT2D eigenvalue weighted by Gasteiger charge is -2.11. The fourth-order valence-electron chi connectivity index (χ4n) is 1.63. The molecule has 1 N–H and O–H groups in total. The van der Waals surface area contributed by atoms with Crippen LogP contribution < -0.4 is 10.1 Å². The molecule has 1 aromatic heterocycles. The molecule has 100 valence electrons. The Morgan fingerprint density at radius 2 is 2.21 bits per heavy atom. The van der Waals surface area contributed by atoms with Crippen molar-refractivity contribution in [2.75, 3.05) is 11.9 Å². The van der Waals surface area contributed by atoms with Crippen molar-refractivity contribution in [1.29, 1.82) is 0 Å². The normalized spacial score (nSPS) is 10.3. The highest BCUT2D eigenvalue weighted by Crippen LogP contribution is 2.22. The number of rotatable bonds is 5. The number of hydrogen-bond donors (Lipinski definition) is 1. The topological polar surface area (TPSA) is 34.1 Å². The van der Waals surface area contributed by atoms with Crippen molar-refractivity contribution in [3.63, 3.8) is 0 Å². The molecule has 19 heavy (non-hydrogen) atoms. The van der Waals surface area contributed by atoms with Gasteiger partial charge < -0.3 is 10.1 Å². The van der Waals surface area contributed by atoms with Crippen LogP contribution in [-0.2, 0) is 6.54 Å². The van der Waals surface area contributed by atoms with Crippen molar-refractivity contribution in [1.82, 2.24) is 4.98 Å². The van der Waals surface area contributed by atoms with E-state index >= 15 is 0 Å². The third-order valence-electron chi connectivity index (χ3n) is 2.54. The van der Waals surface area contributed by atoms with E-state index in [0.29, 0.717) is 24.6 Å². The zero-order valence-corrected chi connectivity index (χ0v) is 12.1. The molecule has 0 bridgehead atoms. The van der Waals surface area contributed by atoms with Crippen molar-refractivity contribution in [3.05, 3.63) is 52.4 Å². The molecule has 0 fully saturated rings. The van der Waals surface area contributed by atoms with E-state index in [4.69, 9.17) is 4.74 Å². The number of halogens is 2. The van der Waals surface area contributed by atoms with Crippen molar-refractivity contribution in [2.24, 2.45) is 0 Å². The summed E-state index contributed by atoms with van der Waals surface area (Å²) in [4.78, 5) is 4.13. The van der Waals surface area contributed by atoms with Gasteiger partial charge in [0.15, 0.2) is 0 Å². The summed E-state index contributed by atoms with van der Waals surface area (Å²) in [5.74, 6) is 0.284. The average molecular weight is 325 g/mol. The molecule has 2 aromatic rings. The molecular formula is C14H14BrFN2O. The Hall–Kier alpha value is -1.62. The number of aromatic nitrogens is 1. The maximum atomic E-state index is 13.7. The van der Waals surface area contributed by atoms with Gasteiger partial charge in [-0.05, 0) is 31.2 Å². The first-order chi connectivity index (χ1) is 9.20. The molecule has 1 heterocycles. The lowest BCUT2D eigenvalue weighted by Crippen LogP contribution is -2.05. The summed E-state index contributed by atoms with van der Waals surface area (Å²) in [6, 6.07) is 8.66. The van der Waals surface area contributed by atoms with Gasteiger partial charge in [-0.25, -0.2) is 9.37 Å². The minimum Gasteiger partial charge on any atom is -0.476 e. The molecule has 0 saturated heterocycles. The third kappa shape index (κ3) is 3.67. The third-order valence-corrected chi connectivity index (χ3v) is 3.03. The van der Waals surface area contributed by atoms with Gasteiger partial charge in [0.2, 0.25) is 5.88 Å². The minimum atomic E-state index is -0.247. The number of ether oxygens (including phenoxy) is 1. The SMILES string of the molecule is CCOc1ncccc1NCc1ccc(Br)cc1F. The Bertz CT molecular complexity index is 563. The fraction of sp³-hybridized carbons (Fsp3) is 0.214. The number of nitrogens with zero attached hydrogens (tertiary/aromatic N) is 1. The van der Waals surface area contributed by atoms with E-state index in [1.807, 2.05) is 25.1 Å². The average Bonchev–Trinajstić information content (AvgIpc) is 2.40. The molecule has 0 aliphatic carbocycles. The van der Waals surface area contributed by atoms with Gasteiger partial charge in [0, 0.05) is 22.8 Å². The van der Waals surface area contributed by atoms with Crippen LogP contribution in [0.3, 0.4) is 0 Å². The molecule has 0 saturated carbocycles. The van der Waals surface area contributed by atoms with Gasteiger partial charge in [-0.3, -0.25) is 0 Å². The van der Waals surface area contributed by atoms with E-state index < -0.39 is 0 Å². The molecule has 1 aromatic carbocycles. The quantitative estimate of drug-likeness (QED) is 0.902. The van der Waals surface area contributed by atoms with E-state index in [0.717, 1.165) is 10.2 Å². The van der Waals surface area contributed by atoms with Crippen LogP contribution in [0.4, 0.5) is 10.1 Å². The Kier molecular flexibility index (Phi) is 4.74. The maximum Gasteiger partial charge on any atom is 0.237 e. The van der Waals surface area contributed by atoms with Gasteiger partial charge in [-0.15, -0.1) is 0 Å². The minimum absolute atomic E-state index is 0.247. The van der Waals surface area contributed by atoms with Crippen LogP contribution >= 0.6 is 15.9 Å². The van der Waals surface area contributed by atoms with Gasteiger partial charge in [-0.1, -0.05) is 22.0 Å². The Labute approximate surface area is 119 Å². The number of nitrogens with one attached hydrogen (secondary N) is 1. The second-order valence-electron chi connectivity index (χ2n) is 3.88. The summed E-state index contributed by atoms with van der Waals surface area (Å²) >= 11 is 3.23. The standard InChI is InChI=1S/C14H14BrFN2O/c1-2-19-14-13(4-3-7-17-14)18-9-10-5-6-11(15)8-12(10)16/h3-8,18H,2,9H2,1H3. The molecule has 0 atom stereocenters. The van der Waals surface area contributed by atoms with E-state index in [9.17, 15) is 4.39 Å². The largest absolute Gasteiger partial charge is 0.476 e. The molecule has 2 rings (SSSR count).